The first-order valence-electron chi connectivity index (χ1n) is 10.5. The first-order chi connectivity index (χ1) is 12.8. The Hall–Kier alpha value is -0.770. The third-order valence-corrected chi connectivity index (χ3v) is 6.52. The number of amides is 1. The van der Waals surface area contributed by atoms with Crippen LogP contribution in [0.15, 0.2) is 4.99 Å². The van der Waals surface area contributed by atoms with Crippen LogP contribution in [0.4, 0.5) is 4.79 Å². The molecule has 2 aliphatic carbocycles. The van der Waals surface area contributed by atoms with Gasteiger partial charge in [-0.1, -0.05) is 6.42 Å². The zero-order chi connectivity index (χ0) is 19.2. The van der Waals surface area contributed by atoms with Gasteiger partial charge in [0, 0.05) is 43.6 Å². The number of carbonyl (C=O) groups excluding carboxylic acids is 1. The molecule has 4 fully saturated rings. The fourth-order valence-corrected chi connectivity index (χ4v) is 5.13. The predicted molar refractivity (Wildman–Crippen MR) is 119 cm³/mol. The number of nitrogens with one attached hydrogen (secondary N) is 2. The molecule has 3 atom stereocenters. The fourth-order valence-electron chi connectivity index (χ4n) is 5.13. The van der Waals surface area contributed by atoms with E-state index in [0.29, 0.717) is 36.6 Å². The van der Waals surface area contributed by atoms with Gasteiger partial charge in [0.25, 0.3) is 0 Å². The highest BCUT2D eigenvalue weighted by Crippen LogP contribution is 2.62. The lowest BCUT2D eigenvalue weighted by Gasteiger charge is -2.63. The van der Waals surface area contributed by atoms with Crippen LogP contribution in [0.1, 0.15) is 53.4 Å². The van der Waals surface area contributed by atoms with Crippen LogP contribution in [0, 0.1) is 11.3 Å². The van der Waals surface area contributed by atoms with Crippen LogP contribution in [-0.4, -0.2) is 67.0 Å². The first-order valence-corrected chi connectivity index (χ1v) is 10.5. The zero-order valence-corrected chi connectivity index (χ0v) is 19.8. The maximum atomic E-state index is 12.1. The minimum atomic E-state index is -0.451. The molecule has 4 aliphatic rings. The number of carbonyl (C=O) groups is 1. The Morgan fingerprint density at radius 3 is 2.57 bits per heavy atom. The summed E-state index contributed by atoms with van der Waals surface area (Å²) in [7, 11) is 0. The second-order valence-electron chi connectivity index (χ2n) is 9.50. The third kappa shape index (κ3) is 3.95. The standard InChI is InChI=1S/C20H34N4O3.HI/c1-5-21-17(22-13-11-24(12-13)18(25)27-19(2,3)4)23-15-14-7-10-26-16(14)20(15)8-6-9-20;/h13-16H,5-12H2,1-4H3,(H2,21,22,23);1H. The number of rotatable bonds is 3. The highest BCUT2D eigenvalue weighted by molar-refractivity contribution is 14.0. The van der Waals surface area contributed by atoms with Gasteiger partial charge in [-0.3, -0.25) is 4.99 Å². The van der Waals surface area contributed by atoms with Crippen molar-refractivity contribution >= 4 is 36.0 Å². The summed E-state index contributed by atoms with van der Waals surface area (Å²) in [5, 5.41) is 7.24. The highest BCUT2D eigenvalue weighted by Gasteiger charge is 2.66. The Labute approximate surface area is 185 Å². The second kappa shape index (κ2) is 8.16. The van der Waals surface area contributed by atoms with Crippen molar-refractivity contribution in [1.29, 1.82) is 0 Å². The topological polar surface area (TPSA) is 75.2 Å². The van der Waals surface area contributed by atoms with Crippen molar-refractivity contribution in [1.82, 2.24) is 15.5 Å². The minimum absolute atomic E-state index is 0. The molecule has 160 valence electrons. The molecule has 3 unspecified atom stereocenters. The molecule has 0 aromatic heterocycles. The van der Waals surface area contributed by atoms with Crippen molar-refractivity contribution < 1.29 is 14.3 Å². The van der Waals surface area contributed by atoms with E-state index in [1.54, 1.807) is 4.90 Å². The molecule has 2 saturated carbocycles. The number of hydrogen-bond acceptors (Lipinski definition) is 4. The van der Waals surface area contributed by atoms with Crippen molar-refractivity contribution in [2.24, 2.45) is 16.3 Å². The van der Waals surface area contributed by atoms with Gasteiger partial charge in [-0.25, -0.2) is 4.79 Å². The summed E-state index contributed by atoms with van der Waals surface area (Å²) in [6.45, 7) is 10.7. The smallest absolute Gasteiger partial charge is 0.410 e. The van der Waals surface area contributed by atoms with Crippen molar-refractivity contribution in [2.75, 3.05) is 26.2 Å². The summed E-state index contributed by atoms with van der Waals surface area (Å²) in [6, 6.07) is 0.696. The average molecular weight is 506 g/mol. The van der Waals surface area contributed by atoms with Crippen LogP contribution in [0.3, 0.4) is 0 Å². The molecule has 2 heterocycles. The van der Waals surface area contributed by atoms with Crippen LogP contribution < -0.4 is 10.6 Å². The monoisotopic (exact) mass is 506 g/mol. The molecular formula is C20H35IN4O3. The van der Waals surface area contributed by atoms with Crippen LogP contribution in [0.25, 0.3) is 0 Å². The van der Waals surface area contributed by atoms with Gasteiger partial charge in [0.1, 0.15) is 5.60 Å². The largest absolute Gasteiger partial charge is 0.444 e. The van der Waals surface area contributed by atoms with E-state index in [0.717, 1.165) is 25.5 Å². The molecule has 1 spiro atoms. The maximum absolute atomic E-state index is 12.1. The van der Waals surface area contributed by atoms with E-state index in [2.05, 4.69) is 22.5 Å². The van der Waals surface area contributed by atoms with E-state index in [9.17, 15) is 4.79 Å². The van der Waals surface area contributed by atoms with E-state index in [4.69, 9.17) is 9.47 Å². The molecular weight excluding hydrogens is 471 g/mol. The van der Waals surface area contributed by atoms with Crippen LogP contribution >= 0.6 is 24.0 Å². The number of fused-ring (bicyclic) bond motifs is 2. The Kier molecular flexibility index (Phi) is 6.39. The number of aliphatic imine (C=N–C) groups is 1. The van der Waals surface area contributed by atoms with Gasteiger partial charge in [-0.05, 0) is 47.0 Å². The van der Waals surface area contributed by atoms with E-state index in [1.807, 2.05) is 20.8 Å². The number of likely N-dealkylation sites (tertiary alicyclic amines) is 1. The Bertz CT molecular complexity index is 611. The molecule has 4 rings (SSSR count). The maximum Gasteiger partial charge on any atom is 0.410 e. The summed E-state index contributed by atoms with van der Waals surface area (Å²) in [5.74, 6) is 1.50. The van der Waals surface area contributed by atoms with Gasteiger partial charge in [0.05, 0.1) is 12.1 Å². The van der Waals surface area contributed by atoms with Crippen LogP contribution in [-0.2, 0) is 9.47 Å². The number of guanidine groups is 1. The second-order valence-corrected chi connectivity index (χ2v) is 9.50. The Morgan fingerprint density at radius 1 is 1.29 bits per heavy atom. The molecule has 0 aromatic carbocycles. The Morgan fingerprint density at radius 2 is 2.00 bits per heavy atom. The molecule has 7 nitrogen and oxygen atoms in total. The quantitative estimate of drug-likeness (QED) is 0.350. The fraction of sp³-hybridized carbons (Fsp3) is 0.900. The Balaban J connectivity index is 0.00000225. The van der Waals surface area contributed by atoms with E-state index < -0.39 is 5.60 Å². The summed E-state index contributed by atoms with van der Waals surface area (Å²) in [5.41, 5.74) is -0.118. The average Bonchev–Trinajstić information content (AvgIpc) is 2.89. The number of hydrogen-bond donors (Lipinski definition) is 2. The van der Waals surface area contributed by atoms with Crippen LogP contribution in [0.2, 0.25) is 0 Å². The van der Waals surface area contributed by atoms with Gasteiger partial charge >= 0.3 is 6.09 Å². The molecule has 28 heavy (non-hydrogen) atoms. The SMILES string of the molecule is CCN=C(NC1CN(C(=O)OC(C)(C)C)C1)NC1C2CCOC2C12CCC2.I. The van der Waals surface area contributed by atoms with Gasteiger partial charge in [-0.2, -0.15) is 0 Å². The van der Waals surface area contributed by atoms with E-state index in [-0.39, 0.29) is 36.1 Å². The van der Waals surface area contributed by atoms with Crippen molar-refractivity contribution in [2.45, 2.75) is 77.2 Å². The molecule has 2 N–H and O–H groups in total. The number of nitrogens with zero attached hydrogens (tertiary/aromatic N) is 2. The van der Waals surface area contributed by atoms with Crippen molar-refractivity contribution in [3.05, 3.63) is 0 Å². The van der Waals surface area contributed by atoms with Gasteiger partial charge < -0.3 is 25.0 Å². The minimum Gasteiger partial charge on any atom is -0.444 e. The lowest BCUT2D eigenvalue weighted by Crippen LogP contribution is -2.73. The van der Waals surface area contributed by atoms with Gasteiger partial charge in [0.15, 0.2) is 5.96 Å². The lowest BCUT2D eigenvalue weighted by molar-refractivity contribution is -0.171. The summed E-state index contributed by atoms with van der Waals surface area (Å²) in [4.78, 5) is 18.5. The number of halogens is 1. The molecule has 2 aliphatic heterocycles. The zero-order valence-electron chi connectivity index (χ0n) is 17.5. The van der Waals surface area contributed by atoms with E-state index >= 15 is 0 Å². The van der Waals surface area contributed by atoms with Crippen LogP contribution in [0.5, 0.6) is 0 Å². The lowest BCUT2D eigenvalue weighted by atomic mass is 9.46. The molecule has 8 heteroatoms. The first kappa shape index (κ1) is 21.9. The summed E-state index contributed by atoms with van der Waals surface area (Å²) < 4.78 is 11.4. The highest BCUT2D eigenvalue weighted by atomic mass is 127. The summed E-state index contributed by atoms with van der Waals surface area (Å²) in [6.07, 6.45) is 5.21. The molecule has 2 saturated heterocycles. The molecule has 0 aromatic rings. The van der Waals surface area contributed by atoms with Crippen molar-refractivity contribution in [3.8, 4) is 0 Å². The van der Waals surface area contributed by atoms with Crippen molar-refractivity contribution in [3.63, 3.8) is 0 Å². The number of ether oxygens (including phenoxy) is 2. The predicted octanol–water partition coefficient (Wildman–Crippen LogP) is 2.74. The normalized spacial score (nSPS) is 31.1. The van der Waals surface area contributed by atoms with E-state index in [1.165, 1.54) is 19.3 Å². The molecule has 0 bridgehead atoms. The molecule has 1 amide bonds. The molecule has 0 radical (unpaired) electrons. The van der Waals surface area contributed by atoms with Gasteiger partial charge in [-0.15, -0.1) is 24.0 Å². The summed E-state index contributed by atoms with van der Waals surface area (Å²) >= 11 is 0. The van der Waals surface area contributed by atoms with Gasteiger partial charge in [0.2, 0.25) is 0 Å². The third-order valence-electron chi connectivity index (χ3n) is 6.52.